The van der Waals surface area contributed by atoms with Gasteiger partial charge in [0.05, 0.1) is 14.2 Å². The quantitative estimate of drug-likeness (QED) is 0.857. The zero-order chi connectivity index (χ0) is 14.8. The number of esters is 1. The first-order chi connectivity index (χ1) is 8.72. The standard InChI is InChI=1S/C12H13F3O4/c1-12(14,15)6-4-7(9(16)11(17)19-3)10(18-2)8(13)5-6/h4-5,9,16H,1-3H3. The number of alkyl halides is 2. The van der Waals surface area contributed by atoms with E-state index in [0.29, 0.717) is 13.0 Å². The van der Waals surface area contributed by atoms with Gasteiger partial charge >= 0.3 is 5.97 Å². The molecule has 1 rings (SSSR count). The number of carbonyl (C=O) groups excluding carboxylic acids is 1. The van der Waals surface area contributed by atoms with Crippen molar-refractivity contribution in [1.82, 2.24) is 0 Å². The van der Waals surface area contributed by atoms with E-state index in [9.17, 15) is 23.1 Å². The molecule has 0 radical (unpaired) electrons. The summed E-state index contributed by atoms with van der Waals surface area (Å²) in [6.45, 7) is 0.572. The maximum absolute atomic E-state index is 13.6. The van der Waals surface area contributed by atoms with E-state index in [4.69, 9.17) is 0 Å². The molecule has 7 heteroatoms. The molecule has 1 aromatic carbocycles. The lowest BCUT2D eigenvalue weighted by Gasteiger charge is -2.18. The summed E-state index contributed by atoms with van der Waals surface area (Å²) in [6.07, 6.45) is -1.91. The fourth-order valence-corrected chi connectivity index (χ4v) is 1.53. The van der Waals surface area contributed by atoms with E-state index < -0.39 is 40.7 Å². The molecule has 0 spiro atoms. The monoisotopic (exact) mass is 278 g/mol. The van der Waals surface area contributed by atoms with Crippen molar-refractivity contribution in [1.29, 1.82) is 0 Å². The predicted octanol–water partition coefficient (Wildman–Crippen LogP) is 2.15. The van der Waals surface area contributed by atoms with E-state index in [-0.39, 0.29) is 0 Å². The first-order valence-electron chi connectivity index (χ1n) is 5.24. The molecular weight excluding hydrogens is 265 g/mol. The minimum atomic E-state index is -3.32. The van der Waals surface area contributed by atoms with Crippen molar-refractivity contribution in [2.45, 2.75) is 19.0 Å². The largest absolute Gasteiger partial charge is 0.493 e. The average Bonchev–Trinajstić information content (AvgIpc) is 2.34. The molecule has 1 N–H and O–H groups in total. The second-order valence-corrected chi connectivity index (χ2v) is 3.89. The zero-order valence-corrected chi connectivity index (χ0v) is 10.5. The van der Waals surface area contributed by atoms with Gasteiger partial charge in [0.2, 0.25) is 0 Å². The molecule has 1 atom stereocenters. The van der Waals surface area contributed by atoms with Gasteiger partial charge in [-0.3, -0.25) is 0 Å². The van der Waals surface area contributed by atoms with Crippen LogP contribution in [0.15, 0.2) is 12.1 Å². The van der Waals surface area contributed by atoms with Crippen molar-refractivity contribution in [3.63, 3.8) is 0 Å². The molecular formula is C12H13F3O4. The van der Waals surface area contributed by atoms with Gasteiger partial charge in [-0.25, -0.2) is 18.0 Å². The summed E-state index contributed by atoms with van der Waals surface area (Å²) in [7, 11) is 2.10. The third-order valence-electron chi connectivity index (χ3n) is 2.50. The van der Waals surface area contributed by atoms with Crippen LogP contribution in [0, 0.1) is 5.82 Å². The van der Waals surface area contributed by atoms with Gasteiger partial charge in [0.1, 0.15) is 0 Å². The molecule has 0 fully saturated rings. The highest BCUT2D eigenvalue weighted by molar-refractivity contribution is 5.77. The van der Waals surface area contributed by atoms with Crippen LogP contribution in [-0.2, 0) is 15.5 Å². The lowest BCUT2D eigenvalue weighted by atomic mass is 10.0. The van der Waals surface area contributed by atoms with Crippen molar-refractivity contribution in [3.05, 3.63) is 29.1 Å². The zero-order valence-electron chi connectivity index (χ0n) is 10.5. The van der Waals surface area contributed by atoms with Gasteiger partial charge in [0.25, 0.3) is 5.92 Å². The van der Waals surface area contributed by atoms with Crippen molar-refractivity contribution in [2.24, 2.45) is 0 Å². The molecule has 0 aliphatic rings. The van der Waals surface area contributed by atoms with Crippen LogP contribution in [-0.4, -0.2) is 25.3 Å². The van der Waals surface area contributed by atoms with Crippen LogP contribution >= 0.6 is 0 Å². The van der Waals surface area contributed by atoms with Gasteiger partial charge in [0.15, 0.2) is 17.7 Å². The topological polar surface area (TPSA) is 55.8 Å². The lowest BCUT2D eigenvalue weighted by Crippen LogP contribution is -2.17. The number of benzene rings is 1. The van der Waals surface area contributed by atoms with Crippen LogP contribution in [0.2, 0.25) is 0 Å². The lowest BCUT2D eigenvalue weighted by molar-refractivity contribution is -0.150. The molecule has 19 heavy (non-hydrogen) atoms. The number of methoxy groups -OCH3 is 2. The van der Waals surface area contributed by atoms with E-state index >= 15 is 0 Å². The number of hydrogen-bond donors (Lipinski definition) is 1. The van der Waals surface area contributed by atoms with Crippen LogP contribution in [0.25, 0.3) is 0 Å². The molecule has 0 heterocycles. The van der Waals surface area contributed by atoms with Crippen molar-refractivity contribution < 1.29 is 32.5 Å². The second-order valence-electron chi connectivity index (χ2n) is 3.89. The van der Waals surface area contributed by atoms with E-state index in [1.807, 2.05) is 0 Å². The normalized spacial score (nSPS) is 13.0. The number of ether oxygens (including phenoxy) is 2. The summed E-state index contributed by atoms with van der Waals surface area (Å²) in [5.41, 5.74) is -1.09. The van der Waals surface area contributed by atoms with Gasteiger partial charge < -0.3 is 14.6 Å². The fraction of sp³-hybridized carbons (Fsp3) is 0.417. The smallest absolute Gasteiger partial charge is 0.339 e. The molecule has 0 amide bonds. The third kappa shape index (κ3) is 3.17. The Morgan fingerprint density at radius 3 is 2.37 bits per heavy atom. The van der Waals surface area contributed by atoms with Gasteiger partial charge in [-0.05, 0) is 12.1 Å². The Balaban J connectivity index is 3.43. The molecule has 0 aliphatic carbocycles. The number of halogens is 3. The number of carbonyl (C=O) groups is 1. The molecule has 4 nitrogen and oxygen atoms in total. The van der Waals surface area contributed by atoms with Gasteiger partial charge in [-0.2, -0.15) is 0 Å². The Hall–Kier alpha value is -1.76. The number of hydrogen-bond acceptors (Lipinski definition) is 4. The van der Waals surface area contributed by atoms with E-state index in [2.05, 4.69) is 9.47 Å². The Morgan fingerprint density at radius 1 is 1.37 bits per heavy atom. The Bertz CT molecular complexity index is 483. The first-order valence-corrected chi connectivity index (χ1v) is 5.24. The van der Waals surface area contributed by atoms with Crippen LogP contribution in [0.3, 0.4) is 0 Å². The van der Waals surface area contributed by atoms with Gasteiger partial charge in [0, 0.05) is 18.1 Å². The van der Waals surface area contributed by atoms with Crippen molar-refractivity contribution >= 4 is 5.97 Å². The average molecular weight is 278 g/mol. The Kier molecular flexibility index (Phi) is 4.41. The maximum atomic E-state index is 13.6. The molecule has 0 aliphatic heterocycles. The fourth-order valence-electron chi connectivity index (χ4n) is 1.53. The van der Waals surface area contributed by atoms with E-state index in [0.717, 1.165) is 20.3 Å². The molecule has 0 saturated heterocycles. The van der Waals surface area contributed by atoms with Crippen molar-refractivity contribution in [2.75, 3.05) is 14.2 Å². The Morgan fingerprint density at radius 2 is 1.95 bits per heavy atom. The summed E-state index contributed by atoms with van der Waals surface area (Å²) < 4.78 is 49.0. The van der Waals surface area contributed by atoms with Gasteiger partial charge in [-0.1, -0.05) is 0 Å². The molecule has 1 unspecified atom stereocenters. The number of aliphatic hydroxyl groups is 1. The highest BCUT2D eigenvalue weighted by Gasteiger charge is 2.31. The molecule has 0 saturated carbocycles. The SMILES string of the molecule is COC(=O)C(O)c1cc(C(C)(F)F)cc(F)c1OC. The number of aliphatic hydroxyl groups excluding tert-OH is 1. The highest BCUT2D eigenvalue weighted by atomic mass is 19.3. The number of rotatable bonds is 4. The third-order valence-corrected chi connectivity index (χ3v) is 2.50. The predicted molar refractivity (Wildman–Crippen MR) is 59.5 cm³/mol. The van der Waals surface area contributed by atoms with E-state index in [1.54, 1.807) is 0 Å². The van der Waals surface area contributed by atoms with Crippen LogP contribution in [0.5, 0.6) is 5.75 Å². The molecule has 0 bridgehead atoms. The summed E-state index contributed by atoms with van der Waals surface area (Å²) in [6, 6.07) is 1.40. The van der Waals surface area contributed by atoms with Crippen LogP contribution in [0.4, 0.5) is 13.2 Å². The molecule has 0 aromatic heterocycles. The van der Waals surface area contributed by atoms with Crippen molar-refractivity contribution in [3.8, 4) is 5.75 Å². The van der Waals surface area contributed by atoms with Crippen LogP contribution in [0.1, 0.15) is 24.2 Å². The minimum Gasteiger partial charge on any atom is -0.493 e. The minimum absolute atomic E-state index is 0.411. The van der Waals surface area contributed by atoms with Crippen LogP contribution < -0.4 is 4.74 Å². The second kappa shape index (κ2) is 5.48. The van der Waals surface area contributed by atoms with E-state index in [1.165, 1.54) is 0 Å². The summed E-state index contributed by atoms with van der Waals surface area (Å²) in [5.74, 6) is -6.00. The molecule has 106 valence electrons. The first kappa shape index (κ1) is 15.3. The summed E-state index contributed by atoms with van der Waals surface area (Å²) >= 11 is 0. The summed E-state index contributed by atoms with van der Waals surface area (Å²) in [5, 5.41) is 9.65. The molecule has 1 aromatic rings. The van der Waals surface area contributed by atoms with Gasteiger partial charge in [-0.15, -0.1) is 0 Å². The Labute approximate surface area is 107 Å². The maximum Gasteiger partial charge on any atom is 0.339 e. The highest BCUT2D eigenvalue weighted by Crippen LogP contribution is 2.36. The summed E-state index contributed by atoms with van der Waals surface area (Å²) in [4.78, 5) is 11.2.